The number of para-hydroxylation sites is 1. The van der Waals surface area contributed by atoms with Gasteiger partial charge in [0.1, 0.15) is 5.03 Å². The molecule has 7 nitrogen and oxygen atoms in total. The molecule has 1 heterocycles. The van der Waals surface area contributed by atoms with Gasteiger partial charge in [0, 0.05) is 11.9 Å². The van der Waals surface area contributed by atoms with E-state index in [1.807, 2.05) is 32.0 Å². The smallest absolute Gasteiger partial charge is 0.341 e. The van der Waals surface area contributed by atoms with Gasteiger partial charge in [0.25, 0.3) is 5.91 Å². The Morgan fingerprint density at radius 1 is 1.14 bits per heavy atom. The zero-order valence-corrected chi connectivity index (χ0v) is 17.1. The number of hydrogen-bond donors (Lipinski definition) is 2. The lowest BCUT2D eigenvalue weighted by atomic mass is 10.1. The quantitative estimate of drug-likeness (QED) is 0.547. The first-order chi connectivity index (χ1) is 13.3. The predicted octanol–water partition coefficient (Wildman–Crippen LogP) is 2.72. The Hall–Kier alpha value is -2.87. The number of anilines is 1. The molecule has 1 aromatic carbocycles. The van der Waals surface area contributed by atoms with E-state index >= 15 is 0 Å². The summed E-state index contributed by atoms with van der Waals surface area (Å²) in [7, 11) is 0. The molecule has 0 saturated heterocycles. The second-order valence-corrected chi connectivity index (χ2v) is 6.94. The van der Waals surface area contributed by atoms with Crippen LogP contribution in [0.1, 0.15) is 28.4 Å². The number of nitrogens with zero attached hydrogens (tertiary/aromatic N) is 1. The van der Waals surface area contributed by atoms with E-state index in [4.69, 9.17) is 4.74 Å². The Morgan fingerprint density at radius 2 is 1.82 bits per heavy atom. The van der Waals surface area contributed by atoms with Gasteiger partial charge in [0.05, 0.1) is 12.1 Å². The van der Waals surface area contributed by atoms with Gasteiger partial charge >= 0.3 is 5.97 Å². The lowest BCUT2D eigenvalue weighted by Gasteiger charge is -2.15. The fourth-order valence-corrected chi connectivity index (χ4v) is 3.03. The fraction of sp³-hybridized carbons (Fsp3) is 0.300. The largest absolute Gasteiger partial charge is 0.449 e. The summed E-state index contributed by atoms with van der Waals surface area (Å²) in [5.41, 5.74) is 2.89. The van der Waals surface area contributed by atoms with Crippen LogP contribution in [-0.4, -0.2) is 41.7 Å². The van der Waals surface area contributed by atoms with Crippen LogP contribution >= 0.6 is 11.8 Å². The molecule has 2 aromatic rings. The number of esters is 1. The molecule has 28 heavy (non-hydrogen) atoms. The Kier molecular flexibility index (Phi) is 7.57. The van der Waals surface area contributed by atoms with Crippen LogP contribution in [0.2, 0.25) is 0 Å². The maximum Gasteiger partial charge on any atom is 0.341 e. The average Bonchev–Trinajstić information content (AvgIpc) is 2.68. The van der Waals surface area contributed by atoms with E-state index in [1.165, 1.54) is 18.7 Å². The number of aromatic nitrogens is 1. The molecule has 0 aliphatic heterocycles. The number of aryl methyl sites for hydroxylation is 2. The molecular weight excluding hydrogens is 378 g/mol. The molecule has 2 N–H and O–H groups in total. The van der Waals surface area contributed by atoms with Crippen LogP contribution in [0.5, 0.6) is 0 Å². The number of ether oxygens (including phenoxy) is 1. The van der Waals surface area contributed by atoms with Gasteiger partial charge < -0.3 is 15.4 Å². The molecule has 2 amide bonds. The van der Waals surface area contributed by atoms with Crippen molar-refractivity contribution in [3.05, 3.63) is 53.2 Å². The lowest BCUT2D eigenvalue weighted by Crippen LogP contribution is -2.40. The number of amides is 2. The van der Waals surface area contributed by atoms with Crippen molar-refractivity contribution >= 4 is 35.2 Å². The molecule has 2 rings (SSSR count). The van der Waals surface area contributed by atoms with Gasteiger partial charge in [-0.15, -0.1) is 11.8 Å². The molecule has 148 valence electrons. The second-order valence-electron chi connectivity index (χ2n) is 6.14. The Balaban J connectivity index is 1.88. The number of rotatable bonds is 7. The summed E-state index contributed by atoms with van der Waals surface area (Å²) in [6.45, 7) is 5.01. The molecule has 1 unspecified atom stereocenters. The van der Waals surface area contributed by atoms with Gasteiger partial charge in [-0.25, -0.2) is 9.78 Å². The monoisotopic (exact) mass is 401 g/mol. The topological polar surface area (TPSA) is 97.4 Å². The minimum atomic E-state index is -1.05. The van der Waals surface area contributed by atoms with E-state index in [1.54, 1.807) is 24.6 Å². The first-order valence-corrected chi connectivity index (χ1v) is 9.89. The Morgan fingerprint density at radius 3 is 2.46 bits per heavy atom. The highest BCUT2D eigenvalue weighted by molar-refractivity contribution is 7.98. The van der Waals surface area contributed by atoms with Gasteiger partial charge in [-0.1, -0.05) is 18.2 Å². The zero-order chi connectivity index (χ0) is 20.7. The van der Waals surface area contributed by atoms with Crippen molar-refractivity contribution in [2.24, 2.45) is 0 Å². The zero-order valence-electron chi connectivity index (χ0n) is 16.2. The number of pyridine rings is 1. The Bertz CT molecular complexity index is 865. The molecule has 1 atom stereocenters. The van der Waals surface area contributed by atoms with Gasteiger partial charge in [0.15, 0.2) is 6.10 Å². The standard InChI is InChI=1S/C20H23N3O4S/c1-12-7-5-8-13(2)17(12)23-16(24)11-22-18(25)14(3)27-20(26)15-9-6-10-21-19(15)28-4/h5-10,14H,11H2,1-4H3,(H,22,25)(H,23,24). The van der Waals surface area contributed by atoms with E-state index < -0.39 is 18.0 Å². The molecule has 0 aliphatic rings. The summed E-state index contributed by atoms with van der Waals surface area (Å²) in [5.74, 6) is -1.55. The molecule has 0 radical (unpaired) electrons. The Labute approximate surface area is 168 Å². The summed E-state index contributed by atoms with van der Waals surface area (Å²) in [4.78, 5) is 40.6. The number of hydrogen-bond acceptors (Lipinski definition) is 6. The fourth-order valence-electron chi connectivity index (χ4n) is 2.49. The summed E-state index contributed by atoms with van der Waals surface area (Å²) < 4.78 is 5.19. The van der Waals surface area contributed by atoms with Gasteiger partial charge in [0.2, 0.25) is 5.91 Å². The van der Waals surface area contributed by atoms with E-state index in [0.29, 0.717) is 10.6 Å². The van der Waals surface area contributed by atoms with Gasteiger partial charge in [-0.05, 0) is 50.3 Å². The molecule has 0 fully saturated rings. The van der Waals surface area contributed by atoms with Crippen LogP contribution in [0.3, 0.4) is 0 Å². The average molecular weight is 401 g/mol. The molecule has 0 bridgehead atoms. The SMILES string of the molecule is CSc1ncccc1C(=O)OC(C)C(=O)NCC(=O)Nc1c(C)cccc1C. The van der Waals surface area contributed by atoms with Crippen LogP contribution in [0, 0.1) is 13.8 Å². The van der Waals surface area contributed by atoms with Crippen LogP contribution in [0.25, 0.3) is 0 Å². The predicted molar refractivity (Wildman–Crippen MR) is 108 cm³/mol. The van der Waals surface area contributed by atoms with E-state index in [-0.39, 0.29) is 12.5 Å². The normalized spacial score (nSPS) is 11.4. The van der Waals surface area contributed by atoms with E-state index in [9.17, 15) is 14.4 Å². The number of benzene rings is 1. The van der Waals surface area contributed by atoms with Crippen molar-refractivity contribution in [2.75, 3.05) is 18.1 Å². The second kappa shape index (κ2) is 9.89. The van der Waals surface area contributed by atoms with Crippen LogP contribution in [0.15, 0.2) is 41.6 Å². The number of carbonyl (C=O) groups is 3. The third kappa shape index (κ3) is 5.56. The van der Waals surface area contributed by atoms with Crippen molar-refractivity contribution in [3.63, 3.8) is 0 Å². The first kappa shape index (κ1) is 21.4. The third-order valence-corrected chi connectivity index (χ3v) is 4.72. The van der Waals surface area contributed by atoms with Crippen molar-refractivity contribution in [2.45, 2.75) is 31.9 Å². The van der Waals surface area contributed by atoms with Crippen molar-refractivity contribution in [1.82, 2.24) is 10.3 Å². The molecular formula is C20H23N3O4S. The highest BCUT2D eigenvalue weighted by Crippen LogP contribution is 2.19. The summed E-state index contributed by atoms with van der Waals surface area (Å²) in [6.07, 6.45) is 2.33. The molecule has 1 aromatic heterocycles. The van der Waals surface area contributed by atoms with E-state index in [0.717, 1.165) is 16.8 Å². The van der Waals surface area contributed by atoms with Gasteiger partial charge in [-0.3, -0.25) is 9.59 Å². The first-order valence-electron chi connectivity index (χ1n) is 8.67. The molecule has 0 spiro atoms. The van der Waals surface area contributed by atoms with Gasteiger partial charge in [-0.2, -0.15) is 0 Å². The highest BCUT2D eigenvalue weighted by Gasteiger charge is 2.21. The lowest BCUT2D eigenvalue weighted by molar-refractivity contribution is -0.130. The number of nitrogens with one attached hydrogen (secondary N) is 2. The van der Waals surface area contributed by atoms with Crippen LogP contribution in [0.4, 0.5) is 5.69 Å². The van der Waals surface area contributed by atoms with Crippen molar-refractivity contribution in [1.29, 1.82) is 0 Å². The van der Waals surface area contributed by atoms with E-state index in [2.05, 4.69) is 15.6 Å². The van der Waals surface area contributed by atoms with Crippen molar-refractivity contribution in [3.8, 4) is 0 Å². The molecule has 0 saturated carbocycles. The summed E-state index contributed by atoms with van der Waals surface area (Å²) in [5, 5.41) is 5.78. The number of thioether (sulfide) groups is 1. The minimum absolute atomic E-state index is 0.225. The minimum Gasteiger partial charge on any atom is -0.449 e. The van der Waals surface area contributed by atoms with Crippen molar-refractivity contribution < 1.29 is 19.1 Å². The maximum absolute atomic E-state index is 12.3. The molecule has 0 aliphatic carbocycles. The summed E-state index contributed by atoms with van der Waals surface area (Å²) >= 11 is 1.31. The number of carbonyl (C=O) groups excluding carboxylic acids is 3. The summed E-state index contributed by atoms with van der Waals surface area (Å²) in [6, 6.07) is 8.90. The maximum atomic E-state index is 12.3. The molecule has 8 heteroatoms. The highest BCUT2D eigenvalue weighted by atomic mass is 32.2. The van der Waals surface area contributed by atoms with Crippen LogP contribution < -0.4 is 10.6 Å². The third-order valence-electron chi connectivity index (χ3n) is 4.01. The van der Waals surface area contributed by atoms with Crippen LogP contribution in [-0.2, 0) is 14.3 Å².